The minimum Gasteiger partial charge on any atom is -0.387 e. The van der Waals surface area contributed by atoms with Gasteiger partial charge in [-0.25, -0.2) is 4.39 Å². The molecule has 0 aliphatic rings. The maximum atomic E-state index is 13.2. The fourth-order valence-electron chi connectivity index (χ4n) is 2.06. The second kappa shape index (κ2) is 7.97. The van der Waals surface area contributed by atoms with Crippen LogP contribution in [-0.2, 0) is 4.79 Å². The summed E-state index contributed by atoms with van der Waals surface area (Å²) in [4.78, 5) is 10.8. The third kappa shape index (κ3) is 4.90. The molecule has 20 heavy (non-hydrogen) atoms. The molecule has 5 heteroatoms. The van der Waals surface area contributed by atoms with Gasteiger partial charge in [-0.05, 0) is 30.5 Å². The molecule has 0 radical (unpaired) electrons. The summed E-state index contributed by atoms with van der Waals surface area (Å²) in [5, 5.41) is 16.2. The number of nitrogens with one attached hydrogen (secondary N) is 2. The molecule has 2 atom stereocenters. The Bertz CT molecular complexity index is 451. The summed E-state index contributed by atoms with van der Waals surface area (Å²) in [6.07, 6.45) is 0.0362. The second-order valence-electron chi connectivity index (χ2n) is 4.91. The quantitative estimate of drug-likeness (QED) is 0.667. The molecule has 3 N–H and O–H groups in total. The highest BCUT2D eigenvalue weighted by Gasteiger charge is 2.19. The molecule has 0 aliphatic carbocycles. The molecule has 0 aromatic heterocycles. The molecule has 0 aliphatic heterocycles. The predicted molar refractivity (Wildman–Crippen MR) is 76.9 cm³/mol. The molecule has 0 saturated heterocycles. The zero-order valence-electron chi connectivity index (χ0n) is 12.2. The topological polar surface area (TPSA) is 61.4 Å². The van der Waals surface area contributed by atoms with Gasteiger partial charge in [0.05, 0.1) is 6.10 Å². The van der Waals surface area contributed by atoms with Crippen LogP contribution in [0.25, 0.3) is 0 Å². The molecule has 4 nitrogen and oxygen atoms in total. The number of amides is 1. The van der Waals surface area contributed by atoms with Crippen LogP contribution in [0.3, 0.4) is 0 Å². The van der Waals surface area contributed by atoms with E-state index in [1.165, 1.54) is 13.0 Å². The molecule has 0 saturated carbocycles. The van der Waals surface area contributed by atoms with Gasteiger partial charge < -0.3 is 15.7 Å². The van der Waals surface area contributed by atoms with E-state index in [2.05, 4.69) is 10.6 Å². The summed E-state index contributed by atoms with van der Waals surface area (Å²) in [6, 6.07) is 4.51. The number of benzene rings is 1. The van der Waals surface area contributed by atoms with Crippen LogP contribution < -0.4 is 10.6 Å². The zero-order valence-corrected chi connectivity index (χ0v) is 12.2. The highest BCUT2D eigenvalue weighted by Crippen LogP contribution is 2.21. The van der Waals surface area contributed by atoms with Gasteiger partial charge in [-0.3, -0.25) is 4.79 Å². The summed E-state index contributed by atoms with van der Waals surface area (Å²) in [5.74, 6) is -0.345. The van der Waals surface area contributed by atoms with E-state index < -0.39 is 6.10 Å². The van der Waals surface area contributed by atoms with E-state index in [9.17, 15) is 14.3 Å². The van der Waals surface area contributed by atoms with Crippen molar-refractivity contribution in [1.29, 1.82) is 0 Å². The van der Waals surface area contributed by atoms with Crippen molar-refractivity contribution in [3.8, 4) is 0 Å². The van der Waals surface area contributed by atoms with Gasteiger partial charge in [0.1, 0.15) is 5.82 Å². The summed E-state index contributed by atoms with van der Waals surface area (Å²) >= 11 is 0. The van der Waals surface area contributed by atoms with Crippen molar-refractivity contribution in [1.82, 2.24) is 10.6 Å². The lowest BCUT2D eigenvalue weighted by Gasteiger charge is -2.23. The van der Waals surface area contributed by atoms with Crippen molar-refractivity contribution in [2.45, 2.75) is 39.3 Å². The number of carbonyl (C=O) groups is 1. The van der Waals surface area contributed by atoms with E-state index in [-0.39, 0.29) is 17.8 Å². The smallest absolute Gasteiger partial charge is 0.216 e. The van der Waals surface area contributed by atoms with Crippen molar-refractivity contribution in [2.75, 3.05) is 13.1 Å². The SMILES string of the molecule is CCC(NCCNC(C)=O)C(O)c1ccc(F)c(C)c1. The van der Waals surface area contributed by atoms with E-state index in [1.54, 1.807) is 19.1 Å². The largest absolute Gasteiger partial charge is 0.387 e. The monoisotopic (exact) mass is 282 g/mol. The third-order valence-corrected chi connectivity index (χ3v) is 3.25. The second-order valence-corrected chi connectivity index (χ2v) is 4.91. The lowest BCUT2D eigenvalue weighted by Crippen LogP contribution is -2.39. The summed E-state index contributed by atoms with van der Waals surface area (Å²) in [5.41, 5.74) is 1.22. The Hall–Kier alpha value is -1.46. The van der Waals surface area contributed by atoms with E-state index in [1.807, 2.05) is 6.92 Å². The van der Waals surface area contributed by atoms with Gasteiger partial charge in [0.25, 0.3) is 0 Å². The highest BCUT2D eigenvalue weighted by molar-refractivity contribution is 5.72. The van der Waals surface area contributed by atoms with Crippen LogP contribution in [0.15, 0.2) is 18.2 Å². The molecule has 1 amide bonds. The van der Waals surface area contributed by atoms with Gasteiger partial charge in [-0.15, -0.1) is 0 Å². The first-order valence-electron chi connectivity index (χ1n) is 6.87. The van der Waals surface area contributed by atoms with Crippen LogP contribution >= 0.6 is 0 Å². The van der Waals surface area contributed by atoms with Gasteiger partial charge in [0, 0.05) is 26.1 Å². The highest BCUT2D eigenvalue weighted by atomic mass is 19.1. The van der Waals surface area contributed by atoms with Crippen LogP contribution in [0.2, 0.25) is 0 Å². The Morgan fingerprint density at radius 1 is 1.40 bits per heavy atom. The first kappa shape index (κ1) is 16.6. The van der Waals surface area contributed by atoms with Crippen molar-refractivity contribution >= 4 is 5.91 Å². The Morgan fingerprint density at radius 2 is 2.10 bits per heavy atom. The van der Waals surface area contributed by atoms with Crippen molar-refractivity contribution < 1.29 is 14.3 Å². The number of rotatable bonds is 7. The number of hydrogen-bond donors (Lipinski definition) is 3. The van der Waals surface area contributed by atoms with Crippen LogP contribution in [0.5, 0.6) is 0 Å². The van der Waals surface area contributed by atoms with Crippen molar-refractivity contribution in [2.24, 2.45) is 0 Å². The van der Waals surface area contributed by atoms with Gasteiger partial charge in [0.15, 0.2) is 0 Å². The summed E-state index contributed by atoms with van der Waals surface area (Å²) in [7, 11) is 0. The van der Waals surface area contributed by atoms with Crippen LogP contribution in [0.4, 0.5) is 4.39 Å². The lowest BCUT2D eigenvalue weighted by molar-refractivity contribution is -0.118. The Kier molecular flexibility index (Phi) is 6.61. The van der Waals surface area contributed by atoms with E-state index in [4.69, 9.17) is 0 Å². The van der Waals surface area contributed by atoms with Crippen LogP contribution in [-0.4, -0.2) is 30.1 Å². The minimum atomic E-state index is -0.698. The van der Waals surface area contributed by atoms with Crippen LogP contribution in [0, 0.1) is 12.7 Å². The van der Waals surface area contributed by atoms with E-state index in [0.717, 1.165) is 6.42 Å². The lowest BCUT2D eigenvalue weighted by atomic mass is 9.98. The fraction of sp³-hybridized carbons (Fsp3) is 0.533. The molecule has 1 aromatic carbocycles. The van der Waals surface area contributed by atoms with Crippen molar-refractivity contribution in [3.63, 3.8) is 0 Å². The molecule has 112 valence electrons. The third-order valence-electron chi connectivity index (χ3n) is 3.25. The van der Waals surface area contributed by atoms with E-state index in [0.29, 0.717) is 24.2 Å². The number of aryl methyl sites for hydroxylation is 1. The molecule has 0 heterocycles. The van der Waals surface area contributed by atoms with Gasteiger partial charge in [-0.1, -0.05) is 19.1 Å². The Balaban J connectivity index is 2.59. The molecular formula is C15H23FN2O2. The number of carbonyl (C=O) groups excluding carboxylic acids is 1. The number of aliphatic hydroxyl groups excluding tert-OH is 1. The van der Waals surface area contributed by atoms with E-state index >= 15 is 0 Å². The van der Waals surface area contributed by atoms with Gasteiger partial charge in [-0.2, -0.15) is 0 Å². The minimum absolute atomic E-state index is 0.0745. The first-order valence-corrected chi connectivity index (χ1v) is 6.87. The maximum absolute atomic E-state index is 13.2. The zero-order chi connectivity index (χ0) is 15.1. The first-order chi connectivity index (χ1) is 9.45. The molecule has 0 spiro atoms. The van der Waals surface area contributed by atoms with Gasteiger partial charge in [0.2, 0.25) is 5.91 Å². The average Bonchev–Trinajstić information content (AvgIpc) is 2.41. The maximum Gasteiger partial charge on any atom is 0.216 e. The molecule has 0 fully saturated rings. The van der Waals surface area contributed by atoms with Gasteiger partial charge >= 0.3 is 0 Å². The standard InChI is InChI=1S/C15H23FN2O2/c1-4-14(18-8-7-17-11(3)19)15(20)12-5-6-13(16)10(2)9-12/h5-6,9,14-15,18,20H,4,7-8H2,1-3H3,(H,17,19). The molecule has 2 unspecified atom stereocenters. The molecule has 1 aromatic rings. The summed E-state index contributed by atoms with van der Waals surface area (Å²) < 4.78 is 13.2. The predicted octanol–water partition coefficient (Wildman–Crippen LogP) is 1.67. The number of hydrogen-bond acceptors (Lipinski definition) is 3. The Labute approximate surface area is 119 Å². The molecule has 0 bridgehead atoms. The average molecular weight is 282 g/mol. The normalized spacial score (nSPS) is 13.8. The Morgan fingerprint density at radius 3 is 2.65 bits per heavy atom. The number of halogens is 1. The number of aliphatic hydroxyl groups is 1. The molecule has 1 rings (SSSR count). The molecular weight excluding hydrogens is 259 g/mol. The van der Waals surface area contributed by atoms with Crippen LogP contribution in [0.1, 0.15) is 37.5 Å². The summed E-state index contributed by atoms with van der Waals surface area (Å²) in [6.45, 7) is 6.20. The van der Waals surface area contributed by atoms with Crippen molar-refractivity contribution in [3.05, 3.63) is 35.1 Å². The fourth-order valence-corrected chi connectivity index (χ4v) is 2.06.